The van der Waals surface area contributed by atoms with E-state index in [0.29, 0.717) is 20.8 Å². The molecule has 0 spiro atoms. The van der Waals surface area contributed by atoms with Crippen LogP contribution in [-0.4, -0.2) is 24.5 Å². The molecule has 1 aliphatic rings. The highest BCUT2D eigenvalue weighted by Gasteiger charge is 2.37. The number of aryl methyl sites for hydroxylation is 1. The standard InChI is InChI=1S/C21H14BrClN2O4/c1-3-8-29-18-7-5-14(22)9-13(18)10-16-19(26)24-21(28)25(20(16)27)15-6-4-12(2)17(23)11-15/h1,4-7,9-11H,8H2,2H3,(H,24,26,28)/b16-10+. The van der Waals surface area contributed by atoms with Crippen molar-refractivity contribution in [2.45, 2.75) is 6.92 Å². The van der Waals surface area contributed by atoms with Crippen LogP contribution >= 0.6 is 27.5 Å². The Labute approximate surface area is 180 Å². The molecule has 0 radical (unpaired) electrons. The van der Waals surface area contributed by atoms with Gasteiger partial charge in [-0.3, -0.25) is 14.9 Å². The first-order valence-electron chi connectivity index (χ1n) is 8.35. The van der Waals surface area contributed by atoms with E-state index in [4.69, 9.17) is 22.8 Å². The van der Waals surface area contributed by atoms with Crippen LogP contribution in [0, 0.1) is 19.3 Å². The van der Waals surface area contributed by atoms with Gasteiger partial charge in [0.15, 0.2) is 0 Å². The Balaban J connectivity index is 2.05. The Kier molecular flexibility index (Phi) is 6.06. The SMILES string of the molecule is C#CCOc1ccc(Br)cc1/C=C1\C(=O)NC(=O)N(c2ccc(C)c(Cl)c2)C1=O. The average molecular weight is 474 g/mol. The van der Waals surface area contributed by atoms with Gasteiger partial charge in [0.25, 0.3) is 11.8 Å². The molecule has 29 heavy (non-hydrogen) atoms. The van der Waals surface area contributed by atoms with Crippen LogP contribution in [0.3, 0.4) is 0 Å². The molecule has 146 valence electrons. The Hall–Kier alpha value is -3.08. The third-order valence-electron chi connectivity index (χ3n) is 4.10. The molecule has 0 atom stereocenters. The first-order chi connectivity index (χ1) is 13.8. The lowest BCUT2D eigenvalue weighted by atomic mass is 10.1. The lowest BCUT2D eigenvalue weighted by Gasteiger charge is -2.26. The highest BCUT2D eigenvalue weighted by molar-refractivity contribution is 9.10. The molecular formula is C21H14BrClN2O4. The van der Waals surface area contributed by atoms with Gasteiger partial charge in [-0.1, -0.05) is 39.5 Å². The number of ether oxygens (including phenoxy) is 1. The molecule has 0 saturated carbocycles. The van der Waals surface area contributed by atoms with Crippen LogP contribution in [0.25, 0.3) is 6.08 Å². The van der Waals surface area contributed by atoms with E-state index in [1.165, 1.54) is 12.1 Å². The monoisotopic (exact) mass is 472 g/mol. The molecule has 0 aromatic heterocycles. The molecule has 8 heteroatoms. The van der Waals surface area contributed by atoms with Gasteiger partial charge in [0.2, 0.25) is 0 Å². The van der Waals surface area contributed by atoms with E-state index in [9.17, 15) is 14.4 Å². The van der Waals surface area contributed by atoms with Crippen molar-refractivity contribution in [1.29, 1.82) is 0 Å². The number of urea groups is 1. The molecule has 3 rings (SSSR count). The number of terminal acetylenes is 1. The smallest absolute Gasteiger partial charge is 0.335 e. The lowest BCUT2D eigenvalue weighted by Crippen LogP contribution is -2.54. The molecule has 4 amide bonds. The van der Waals surface area contributed by atoms with E-state index in [2.05, 4.69) is 27.2 Å². The van der Waals surface area contributed by atoms with E-state index < -0.39 is 17.8 Å². The number of hydrogen-bond donors (Lipinski definition) is 1. The number of imide groups is 2. The van der Waals surface area contributed by atoms with Crippen LogP contribution in [0.2, 0.25) is 5.02 Å². The molecule has 0 bridgehead atoms. The Bertz CT molecular complexity index is 1100. The predicted molar refractivity (Wildman–Crippen MR) is 114 cm³/mol. The highest BCUT2D eigenvalue weighted by Crippen LogP contribution is 2.29. The number of anilines is 1. The fourth-order valence-electron chi connectivity index (χ4n) is 2.65. The maximum Gasteiger partial charge on any atom is 0.335 e. The third kappa shape index (κ3) is 4.34. The molecular weight excluding hydrogens is 460 g/mol. The van der Waals surface area contributed by atoms with Crippen molar-refractivity contribution in [2.24, 2.45) is 0 Å². The first-order valence-corrected chi connectivity index (χ1v) is 9.52. The van der Waals surface area contributed by atoms with E-state index in [-0.39, 0.29) is 17.9 Å². The number of carbonyl (C=O) groups excluding carboxylic acids is 3. The number of amides is 4. The number of carbonyl (C=O) groups is 3. The maximum absolute atomic E-state index is 13.0. The Morgan fingerprint density at radius 3 is 2.69 bits per heavy atom. The molecule has 2 aromatic carbocycles. The van der Waals surface area contributed by atoms with Crippen molar-refractivity contribution < 1.29 is 19.1 Å². The minimum absolute atomic E-state index is 0.0183. The molecule has 1 saturated heterocycles. The highest BCUT2D eigenvalue weighted by atomic mass is 79.9. The molecule has 2 aromatic rings. The summed E-state index contributed by atoms with van der Waals surface area (Å²) in [6, 6.07) is 8.95. The van der Waals surface area contributed by atoms with Crippen molar-refractivity contribution in [1.82, 2.24) is 5.32 Å². The Morgan fingerprint density at radius 1 is 1.24 bits per heavy atom. The number of barbiturate groups is 1. The molecule has 1 heterocycles. The van der Waals surface area contributed by atoms with Crippen molar-refractivity contribution in [3.05, 3.63) is 62.6 Å². The van der Waals surface area contributed by atoms with Gasteiger partial charge >= 0.3 is 6.03 Å². The minimum Gasteiger partial charge on any atom is -0.480 e. The van der Waals surface area contributed by atoms with Crippen LogP contribution < -0.4 is 15.0 Å². The van der Waals surface area contributed by atoms with E-state index in [1.807, 2.05) is 0 Å². The Morgan fingerprint density at radius 2 is 2.00 bits per heavy atom. The van der Waals surface area contributed by atoms with Crippen LogP contribution in [0.5, 0.6) is 5.75 Å². The van der Waals surface area contributed by atoms with Crippen molar-refractivity contribution >= 4 is 57.1 Å². The molecule has 0 aliphatic carbocycles. The van der Waals surface area contributed by atoms with Gasteiger partial charge in [0, 0.05) is 15.1 Å². The largest absolute Gasteiger partial charge is 0.480 e. The molecule has 6 nitrogen and oxygen atoms in total. The number of benzene rings is 2. The number of nitrogens with one attached hydrogen (secondary N) is 1. The second-order valence-electron chi connectivity index (χ2n) is 6.07. The number of nitrogens with zero attached hydrogens (tertiary/aromatic N) is 1. The zero-order valence-electron chi connectivity index (χ0n) is 15.2. The molecule has 0 unspecified atom stereocenters. The minimum atomic E-state index is -0.852. The zero-order valence-corrected chi connectivity index (χ0v) is 17.5. The van der Waals surface area contributed by atoms with Gasteiger partial charge in [-0.05, 0) is 48.9 Å². The maximum atomic E-state index is 13.0. The second kappa shape index (κ2) is 8.52. The average Bonchev–Trinajstić information content (AvgIpc) is 2.67. The van der Waals surface area contributed by atoms with Crippen LogP contribution in [0.15, 0.2) is 46.4 Å². The van der Waals surface area contributed by atoms with Crippen molar-refractivity contribution in [3.63, 3.8) is 0 Å². The second-order valence-corrected chi connectivity index (χ2v) is 7.39. The fourth-order valence-corrected chi connectivity index (χ4v) is 3.20. The summed E-state index contributed by atoms with van der Waals surface area (Å²) in [7, 11) is 0. The summed E-state index contributed by atoms with van der Waals surface area (Å²) in [6.45, 7) is 1.81. The number of hydrogen-bond acceptors (Lipinski definition) is 4. The summed E-state index contributed by atoms with van der Waals surface area (Å²) in [5.41, 5.74) is 1.26. The normalized spacial score (nSPS) is 15.3. The van der Waals surface area contributed by atoms with Crippen LogP contribution in [0.1, 0.15) is 11.1 Å². The quantitative estimate of drug-likeness (QED) is 0.412. The van der Waals surface area contributed by atoms with E-state index >= 15 is 0 Å². The number of rotatable bonds is 4. The summed E-state index contributed by atoms with van der Waals surface area (Å²) >= 11 is 9.46. The van der Waals surface area contributed by atoms with Crippen molar-refractivity contribution in [3.8, 4) is 18.1 Å². The zero-order chi connectivity index (χ0) is 21.1. The van der Waals surface area contributed by atoms with E-state index in [0.717, 1.165) is 10.5 Å². The predicted octanol–water partition coefficient (Wildman–Crippen LogP) is 4.09. The van der Waals surface area contributed by atoms with Gasteiger partial charge in [0.05, 0.1) is 5.69 Å². The lowest BCUT2D eigenvalue weighted by molar-refractivity contribution is -0.122. The number of halogens is 2. The van der Waals surface area contributed by atoms with Gasteiger partial charge in [-0.25, -0.2) is 9.69 Å². The fraction of sp³-hybridized carbons (Fsp3) is 0.0952. The van der Waals surface area contributed by atoms with Gasteiger partial charge in [-0.2, -0.15) is 0 Å². The summed E-state index contributed by atoms with van der Waals surface area (Å²) in [5.74, 6) is 1.16. The van der Waals surface area contributed by atoms with E-state index in [1.54, 1.807) is 37.3 Å². The topological polar surface area (TPSA) is 75.7 Å². The first kappa shape index (κ1) is 20.6. The summed E-state index contributed by atoms with van der Waals surface area (Å²) in [5, 5.41) is 2.56. The van der Waals surface area contributed by atoms with Crippen LogP contribution in [-0.2, 0) is 9.59 Å². The van der Waals surface area contributed by atoms with Gasteiger partial charge < -0.3 is 4.74 Å². The summed E-state index contributed by atoms with van der Waals surface area (Å²) in [6.07, 6.45) is 6.58. The van der Waals surface area contributed by atoms with Gasteiger partial charge in [0.1, 0.15) is 17.9 Å². The molecule has 1 fully saturated rings. The third-order valence-corrected chi connectivity index (χ3v) is 5.00. The molecule has 1 aliphatic heterocycles. The van der Waals surface area contributed by atoms with Crippen molar-refractivity contribution in [2.75, 3.05) is 11.5 Å². The van der Waals surface area contributed by atoms with Gasteiger partial charge in [-0.15, -0.1) is 6.42 Å². The summed E-state index contributed by atoms with van der Waals surface area (Å²) < 4.78 is 6.18. The van der Waals surface area contributed by atoms with Crippen LogP contribution in [0.4, 0.5) is 10.5 Å². The summed E-state index contributed by atoms with van der Waals surface area (Å²) in [4.78, 5) is 38.6. The molecule has 1 N–H and O–H groups in total.